The third-order valence-corrected chi connectivity index (χ3v) is 6.13. The van der Waals surface area contributed by atoms with Crippen LogP contribution in [0.3, 0.4) is 0 Å². The molecule has 1 spiro atoms. The molecule has 2 fully saturated rings. The van der Waals surface area contributed by atoms with E-state index in [1.54, 1.807) is 18.2 Å². The van der Waals surface area contributed by atoms with Crippen molar-refractivity contribution in [1.29, 1.82) is 0 Å². The molecule has 0 aromatic heterocycles. The van der Waals surface area contributed by atoms with Gasteiger partial charge in [0.2, 0.25) is 0 Å². The van der Waals surface area contributed by atoms with Gasteiger partial charge in [-0.2, -0.15) is 0 Å². The Kier molecular flexibility index (Phi) is 6.60. The number of nitrogens with zero attached hydrogens (tertiary/aromatic N) is 1. The molecule has 0 unspecified atom stereocenters. The van der Waals surface area contributed by atoms with E-state index in [4.69, 9.17) is 0 Å². The van der Waals surface area contributed by atoms with Gasteiger partial charge in [-0.25, -0.2) is 0 Å². The van der Waals surface area contributed by atoms with E-state index in [1.807, 2.05) is 42.2 Å². The van der Waals surface area contributed by atoms with Crippen molar-refractivity contribution < 1.29 is 9.59 Å². The average Bonchev–Trinajstić information content (AvgIpc) is 3.16. The highest BCUT2D eigenvalue weighted by molar-refractivity contribution is 6.09. The number of rotatable bonds is 3. The molecule has 0 bridgehead atoms. The molecule has 2 N–H and O–H groups in total. The first-order valence-corrected chi connectivity index (χ1v) is 10.0. The molecule has 2 amide bonds. The summed E-state index contributed by atoms with van der Waals surface area (Å²) in [5.41, 5.74) is 3.12. The molecule has 0 radical (unpaired) electrons. The summed E-state index contributed by atoms with van der Waals surface area (Å²) in [7, 11) is 0. The van der Waals surface area contributed by atoms with Crippen molar-refractivity contribution in [2.45, 2.75) is 26.2 Å². The molecule has 4 rings (SSSR count). The summed E-state index contributed by atoms with van der Waals surface area (Å²) in [5.74, 6) is -0.195. The molecule has 2 heterocycles. The van der Waals surface area contributed by atoms with Crippen molar-refractivity contribution in [3.8, 4) is 0 Å². The number of piperidine rings is 1. The fourth-order valence-corrected chi connectivity index (χ4v) is 4.34. The van der Waals surface area contributed by atoms with Crippen molar-refractivity contribution in [1.82, 2.24) is 10.2 Å². The molecule has 6 heteroatoms. The van der Waals surface area contributed by atoms with Crippen LogP contribution in [0.5, 0.6) is 0 Å². The lowest BCUT2D eigenvalue weighted by Gasteiger charge is -2.39. The molecular weight excluding hydrogens is 386 g/mol. The number of halogens is 1. The van der Waals surface area contributed by atoms with Gasteiger partial charge in [-0.1, -0.05) is 29.8 Å². The Morgan fingerprint density at radius 2 is 1.79 bits per heavy atom. The highest BCUT2D eigenvalue weighted by Crippen LogP contribution is 2.37. The lowest BCUT2D eigenvalue weighted by atomic mass is 9.78. The molecule has 0 aliphatic carbocycles. The maximum absolute atomic E-state index is 13.2. The molecule has 2 saturated heterocycles. The summed E-state index contributed by atoms with van der Waals surface area (Å²) in [4.78, 5) is 27.7. The predicted molar refractivity (Wildman–Crippen MR) is 118 cm³/mol. The normalized spacial score (nSPS) is 17.6. The van der Waals surface area contributed by atoms with E-state index in [0.717, 1.165) is 44.6 Å². The van der Waals surface area contributed by atoms with Crippen LogP contribution >= 0.6 is 12.4 Å². The quantitative estimate of drug-likeness (QED) is 0.802. The van der Waals surface area contributed by atoms with E-state index in [1.165, 1.54) is 6.42 Å². The van der Waals surface area contributed by atoms with Gasteiger partial charge < -0.3 is 15.5 Å². The maximum atomic E-state index is 13.2. The Balaban J connectivity index is 0.00000240. The summed E-state index contributed by atoms with van der Waals surface area (Å²) >= 11 is 0. The second-order valence-corrected chi connectivity index (χ2v) is 8.09. The summed E-state index contributed by atoms with van der Waals surface area (Å²) in [6.45, 7) is 5.67. The van der Waals surface area contributed by atoms with Gasteiger partial charge in [0, 0.05) is 25.2 Å². The van der Waals surface area contributed by atoms with Crippen LogP contribution in [0.2, 0.25) is 0 Å². The first-order chi connectivity index (χ1) is 13.6. The van der Waals surface area contributed by atoms with Crippen molar-refractivity contribution in [2.75, 3.05) is 31.5 Å². The smallest absolute Gasteiger partial charge is 0.255 e. The lowest BCUT2D eigenvalue weighted by molar-refractivity contribution is 0.0608. The number of benzene rings is 2. The average molecular weight is 414 g/mol. The fourth-order valence-electron chi connectivity index (χ4n) is 4.34. The van der Waals surface area contributed by atoms with Crippen molar-refractivity contribution in [2.24, 2.45) is 5.41 Å². The van der Waals surface area contributed by atoms with Gasteiger partial charge in [-0.05, 0) is 62.4 Å². The highest BCUT2D eigenvalue weighted by Gasteiger charge is 2.38. The number of carbonyl (C=O) groups is 2. The van der Waals surface area contributed by atoms with E-state index >= 15 is 0 Å². The number of para-hydroxylation sites is 1. The SMILES string of the molecule is Cc1cccc(C(=O)Nc2ccccc2C(=O)N2CCC3(CCNC3)CC2)c1.Cl. The van der Waals surface area contributed by atoms with Gasteiger partial charge >= 0.3 is 0 Å². The minimum absolute atomic E-state index is 0. The Labute approximate surface area is 178 Å². The van der Waals surface area contributed by atoms with Crippen LogP contribution in [0.15, 0.2) is 48.5 Å². The van der Waals surface area contributed by atoms with Crippen molar-refractivity contribution in [3.05, 3.63) is 65.2 Å². The third-order valence-electron chi connectivity index (χ3n) is 6.13. The maximum Gasteiger partial charge on any atom is 0.255 e. The topological polar surface area (TPSA) is 61.4 Å². The molecule has 2 aliphatic heterocycles. The van der Waals surface area contributed by atoms with Crippen molar-refractivity contribution in [3.63, 3.8) is 0 Å². The molecule has 154 valence electrons. The standard InChI is InChI=1S/C23H27N3O2.ClH/c1-17-5-4-6-18(15-17)21(27)25-20-8-3-2-7-19(20)22(28)26-13-10-23(11-14-26)9-12-24-16-23;/h2-8,15,24H,9-14,16H2,1H3,(H,25,27);1H. The van der Waals surface area contributed by atoms with E-state index in [-0.39, 0.29) is 24.2 Å². The highest BCUT2D eigenvalue weighted by atomic mass is 35.5. The minimum atomic E-state index is -0.196. The fraction of sp³-hybridized carbons (Fsp3) is 0.391. The van der Waals surface area contributed by atoms with Crippen LogP contribution in [0.25, 0.3) is 0 Å². The zero-order valence-corrected chi connectivity index (χ0v) is 17.6. The molecule has 0 saturated carbocycles. The molecule has 2 aromatic rings. The van der Waals surface area contributed by atoms with E-state index < -0.39 is 0 Å². The first-order valence-electron chi connectivity index (χ1n) is 10.0. The summed E-state index contributed by atoms with van der Waals surface area (Å²) in [6.07, 6.45) is 3.30. The molecule has 5 nitrogen and oxygen atoms in total. The van der Waals surface area contributed by atoms with Gasteiger partial charge in [0.25, 0.3) is 11.8 Å². The minimum Gasteiger partial charge on any atom is -0.339 e. The Hall–Kier alpha value is -2.37. The predicted octanol–water partition coefficient (Wildman–Crippen LogP) is 3.88. The molecule has 2 aromatic carbocycles. The number of amides is 2. The Morgan fingerprint density at radius 3 is 2.48 bits per heavy atom. The largest absolute Gasteiger partial charge is 0.339 e. The summed E-state index contributed by atoms with van der Waals surface area (Å²) in [6, 6.07) is 14.7. The van der Waals surface area contributed by atoms with Crippen LogP contribution in [-0.2, 0) is 0 Å². The number of likely N-dealkylation sites (tertiary alicyclic amines) is 1. The number of hydrogen-bond acceptors (Lipinski definition) is 3. The van der Waals surface area contributed by atoms with Crippen LogP contribution in [0.4, 0.5) is 5.69 Å². The van der Waals surface area contributed by atoms with E-state index in [9.17, 15) is 9.59 Å². The second kappa shape index (κ2) is 8.97. The Bertz CT molecular complexity index is 883. The number of carbonyl (C=O) groups excluding carboxylic acids is 2. The first kappa shape index (κ1) is 21.3. The lowest BCUT2D eigenvalue weighted by Crippen LogP contribution is -2.44. The zero-order valence-electron chi connectivity index (χ0n) is 16.7. The van der Waals surface area contributed by atoms with Crippen LogP contribution in [0.1, 0.15) is 45.5 Å². The molecule has 29 heavy (non-hydrogen) atoms. The second-order valence-electron chi connectivity index (χ2n) is 8.09. The number of nitrogens with one attached hydrogen (secondary N) is 2. The summed E-state index contributed by atoms with van der Waals surface area (Å²) in [5, 5.41) is 6.38. The van der Waals surface area contributed by atoms with E-state index in [2.05, 4.69) is 10.6 Å². The zero-order chi connectivity index (χ0) is 19.6. The van der Waals surface area contributed by atoms with Gasteiger partial charge in [0.15, 0.2) is 0 Å². The monoisotopic (exact) mass is 413 g/mol. The van der Waals surface area contributed by atoms with Gasteiger partial charge in [0.1, 0.15) is 0 Å². The number of hydrogen-bond donors (Lipinski definition) is 2. The Morgan fingerprint density at radius 1 is 1.03 bits per heavy atom. The van der Waals surface area contributed by atoms with E-state index in [0.29, 0.717) is 22.2 Å². The number of anilines is 1. The summed E-state index contributed by atoms with van der Waals surface area (Å²) < 4.78 is 0. The van der Waals surface area contributed by atoms with Crippen molar-refractivity contribution >= 4 is 29.9 Å². The van der Waals surface area contributed by atoms with Gasteiger partial charge in [0.05, 0.1) is 11.3 Å². The van der Waals surface area contributed by atoms with Gasteiger partial charge in [-0.15, -0.1) is 12.4 Å². The molecular formula is C23H28ClN3O2. The van der Waals surface area contributed by atoms with Crippen LogP contribution in [0, 0.1) is 12.3 Å². The number of aryl methyl sites for hydroxylation is 1. The van der Waals surface area contributed by atoms with Crippen LogP contribution < -0.4 is 10.6 Å². The molecule has 2 aliphatic rings. The van der Waals surface area contributed by atoms with Crippen LogP contribution in [-0.4, -0.2) is 42.9 Å². The third kappa shape index (κ3) is 4.62. The molecule has 0 atom stereocenters. The van der Waals surface area contributed by atoms with Gasteiger partial charge in [-0.3, -0.25) is 9.59 Å².